The van der Waals surface area contributed by atoms with E-state index in [9.17, 15) is 14.4 Å². The van der Waals surface area contributed by atoms with Gasteiger partial charge in [0.05, 0.1) is 0 Å². The van der Waals surface area contributed by atoms with Gasteiger partial charge in [-0.1, -0.05) is 47.5 Å². The second-order valence-electron chi connectivity index (χ2n) is 12.7. The van der Waals surface area contributed by atoms with E-state index in [1.807, 2.05) is 41.1 Å². The molecule has 1 aliphatic heterocycles. The van der Waals surface area contributed by atoms with Crippen LogP contribution in [0.2, 0.25) is 4.97 Å². The molecule has 2 amide bonds. The average Bonchev–Trinajstić information content (AvgIpc) is 3.43. The van der Waals surface area contributed by atoms with E-state index in [4.69, 9.17) is 4.84 Å². The van der Waals surface area contributed by atoms with Gasteiger partial charge in [-0.25, -0.2) is 4.79 Å². The summed E-state index contributed by atoms with van der Waals surface area (Å²) in [7, 11) is 0. The van der Waals surface area contributed by atoms with Crippen molar-refractivity contribution in [2.24, 2.45) is 46.3 Å². The molecule has 5 rings (SSSR count). The molecule has 8 atom stereocenters. The number of fused-ring (bicyclic) bond motifs is 5. The van der Waals surface area contributed by atoms with Crippen LogP contribution in [0.5, 0.6) is 0 Å². The molecule has 37 heavy (non-hydrogen) atoms. The second-order valence-corrected chi connectivity index (χ2v) is 12.7. The number of imide groups is 1. The van der Waals surface area contributed by atoms with E-state index in [2.05, 4.69) is 20.8 Å². The predicted octanol–water partition coefficient (Wildman–Crippen LogP) is 7.29. The first kappa shape index (κ1) is 30.9. The van der Waals surface area contributed by atoms with Crippen LogP contribution in [0, 0.1) is 46.3 Å². The van der Waals surface area contributed by atoms with Crippen LogP contribution >= 0.6 is 0 Å². The van der Waals surface area contributed by atoms with Crippen LogP contribution in [0.1, 0.15) is 125 Å². The minimum absolute atomic E-state index is 0.145. The fraction of sp³-hybridized carbons (Fsp3) is 0.903. The topological polar surface area (TPSA) is 63.7 Å². The normalized spacial score (nSPS) is 39.2. The molecule has 0 aromatic rings. The summed E-state index contributed by atoms with van der Waals surface area (Å²) in [5.74, 6) is 3.50. The predicted molar refractivity (Wildman–Crippen MR) is 148 cm³/mol. The number of amides is 2. The summed E-state index contributed by atoms with van der Waals surface area (Å²) in [6.45, 7) is 11.5. The molecular weight excluding hydrogens is 578 g/mol. The molecule has 5 fully saturated rings. The quantitative estimate of drug-likeness (QED) is 0.237. The maximum atomic E-state index is 12.4. The van der Waals surface area contributed by atoms with Gasteiger partial charge in [0.1, 0.15) is 0 Å². The average molecular weight is 630 g/mol. The Morgan fingerprint density at radius 2 is 1.57 bits per heavy atom. The summed E-state index contributed by atoms with van der Waals surface area (Å²) >= 11 is 1.95. The van der Waals surface area contributed by atoms with Crippen molar-refractivity contribution in [1.29, 1.82) is 0 Å². The standard InChI is InChI=1S/C28H43NO4.C2H6.CH3Te/c1-18(7-14-26(32)33-29-24(30)12-13-25(29)31)21-10-11-22-20-9-8-19-6-4-5-16-27(19,2)23(20)15-17-28(21,22)3;2*1-2/h18-23H,4-17H2,1-3H3;1-2H3;1H3/t18-,19?,20?,21?,22?,23?,27?,28?;;/m1../s1. The van der Waals surface area contributed by atoms with Crippen LogP contribution < -0.4 is 0 Å². The molecule has 0 N–H and O–H groups in total. The molecule has 0 aromatic carbocycles. The number of carbonyl (C=O) groups excluding carboxylic acids is 3. The van der Waals surface area contributed by atoms with Gasteiger partial charge in [-0.05, 0) is 104 Å². The fourth-order valence-electron chi connectivity index (χ4n) is 9.62. The summed E-state index contributed by atoms with van der Waals surface area (Å²) in [6.07, 6.45) is 15.4. The molecule has 5 nitrogen and oxygen atoms in total. The molecule has 0 bridgehead atoms. The minimum atomic E-state index is -0.447. The number of hydrogen-bond donors (Lipinski definition) is 0. The number of carbonyl (C=O) groups is 3. The Balaban J connectivity index is 0.000000907. The SMILES string of the molecule is CC.C[C@H](CCC(=O)ON1C(=O)CCC1=O)C1CCC2C3CCC4CCCCC4(C)C3CCC21C.C[Te]. The Bertz CT molecular complexity index is 801. The van der Waals surface area contributed by atoms with Gasteiger partial charge in [0.25, 0.3) is 11.8 Å². The third kappa shape index (κ3) is 5.96. The summed E-state index contributed by atoms with van der Waals surface area (Å²) < 4.78 is 0. The Kier molecular flexibility index (Phi) is 11.0. The zero-order chi connectivity index (χ0) is 27.4. The zero-order valence-corrected chi connectivity index (χ0v) is 26.7. The summed E-state index contributed by atoms with van der Waals surface area (Å²) in [5, 5.41) is 0.684. The number of hydrogen-bond acceptors (Lipinski definition) is 4. The molecule has 7 unspecified atom stereocenters. The van der Waals surface area contributed by atoms with E-state index >= 15 is 0 Å². The van der Waals surface area contributed by atoms with Crippen molar-refractivity contribution in [3.05, 3.63) is 0 Å². The van der Waals surface area contributed by atoms with Crippen molar-refractivity contribution in [2.45, 2.75) is 129 Å². The monoisotopic (exact) mass is 632 g/mol. The van der Waals surface area contributed by atoms with Crippen molar-refractivity contribution in [3.8, 4) is 0 Å². The molecule has 6 heteroatoms. The first-order chi connectivity index (χ1) is 17.7. The van der Waals surface area contributed by atoms with E-state index in [0.29, 0.717) is 27.7 Å². The van der Waals surface area contributed by atoms with E-state index in [1.165, 1.54) is 64.2 Å². The van der Waals surface area contributed by atoms with E-state index in [1.54, 1.807) is 0 Å². The van der Waals surface area contributed by atoms with Gasteiger partial charge in [0, 0.05) is 19.3 Å². The third-order valence-electron chi connectivity index (χ3n) is 11.3. The van der Waals surface area contributed by atoms with Crippen molar-refractivity contribution >= 4 is 40.1 Å². The Morgan fingerprint density at radius 3 is 2.24 bits per heavy atom. The van der Waals surface area contributed by atoms with Crippen LogP contribution in [-0.2, 0) is 19.2 Å². The van der Waals surface area contributed by atoms with E-state index in [0.717, 1.165) is 30.1 Å². The van der Waals surface area contributed by atoms with Gasteiger partial charge in [-0.15, -0.1) is 5.06 Å². The molecule has 4 saturated carbocycles. The van der Waals surface area contributed by atoms with Crippen LogP contribution in [0.3, 0.4) is 0 Å². The van der Waals surface area contributed by atoms with Crippen molar-refractivity contribution < 1.29 is 19.2 Å². The number of nitrogens with zero attached hydrogens (tertiary/aromatic N) is 1. The summed E-state index contributed by atoms with van der Waals surface area (Å²) in [5.41, 5.74) is 0.976. The zero-order valence-electron chi connectivity index (χ0n) is 24.4. The Morgan fingerprint density at radius 1 is 0.919 bits per heavy atom. The van der Waals surface area contributed by atoms with Crippen LogP contribution in [0.4, 0.5) is 0 Å². The fourth-order valence-corrected chi connectivity index (χ4v) is 9.62. The molecule has 0 spiro atoms. The van der Waals surface area contributed by atoms with Crippen LogP contribution in [0.15, 0.2) is 0 Å². The number of rotatable bonds is 5. The third-order valence-corrected chi connectivity index (χ3v) is 11.3. The van der Waals surface area contributed by atoms with Crippen molar-refractivity contribution in [2.75, 3.05) is 0 Å². The maximum absolute atomic E-state index is 12.4. The first-order valence-electron chi connectivity index (χ1n) is 15.2. The molecule has 1 saturated heterocycles. The Labute approximate surface area is 239 Å². The van der Waals surface area contributed by atoms with Gasteiger partial charge < -0.3 is 4.84 Å². The molecule has 1 heterocycles. The first-order valence-corrected chi connectivity index (χ1v) is 17.5. The molecule has 4 aliphatic carbocycles. The van der Waals surface area contributed by atoms with Crippen LogP contribution in [0.25, 0.3) is 0 Å². The molecule has 211 valence electrons. The Hall–Kier alpha value is -0.600. The number of hydroxylamine groups is 2. The van der Waals surface area contributed by atoms with E-state index in [-0.39, 0.29) is 19.3 Å². The van der Waals surface area contributed by atoms with E-state index < -0.39 is 17.8 Å². The van der Waals surface area contributed by atoms with Gasteiger partial charge in [-0.2, -0.15) is 0 Å². The van der Waals surface area contributed by atoms with Crippen molar-refractivity contribution in [1.82, 2.24) is 5.06 Å². The van der Waals surface area contributed by atoms with Crippen LogP contribution in [-0.4, -0.2) is 45.1 Å². The van der Waals surface area contributed by atoms with Gasteiger partial charge in [-0.3, -0.25) is 9.59 Å². The van der Waals surface area contributed by atoms with Gasteiger partial charge >= 0.3 is 33.2 Å². The van der Waals surface area contributed by atoms with Gasteiger partial charge in [0.15, 0.2) is 0 Å². The molecular formula is C31H52NO4Te. The molecule has 5 aliphatic rings. The van der Waals surface area contributed by atoms with Crippen molar-refractivity contribution in [3.63, 3.8) is 0 Å². The molecule has 0 aromatic heterocycles. The summed E-state index contributed by atoms with van der Waals surface area (Å²) in [4.78, 5) is 42.9. The molecule has 1 radical (unpaired) electrons. The van der Waals surface area contributed by atoms with Gasteiger partial charge in [0.2, 0.25) is 0 Å². The second kappa shape index (κ2) is 13.2. The summed E-state index contributed by atoms with van der Waals surface area (Å²) in [6, 6.07) is 0.